The zero-order valence-corrected chi connectivity index (χ0v) is 5.86. The van der Waals surface area contributed by atoms with Crippen molar-refractivity contribution < 1.29 is 9.18 Å². The van der Waals surface area contributed by atoms with Gasteiger partial charge in [0.25, 0.3) is 0 Å². The molecule has 1 amide bonds. The maximum absolute atomic E-state index is 12.4. The third-order valence-corrected chi connectivity index (χ3v) is 1.64. The minimum atomic E-state index is -0.859. The molecule has 10 heavy (non-hydrogen) atoms. The topological polar surface area (TPSA) is 41.1 Å². The number of likely N-dealkylation sites (N-methyl/N-ethyl adjacent to an activating group) is 1. The number of halogens is 1. The molecule has 1 aliphatic rings. The van der Waals surface area contributed by atoms with Gasteiger partial charge in [0.15, 0.2) is 0 Å². The Morgan fingerprint density at radius 3 is 2.90 bits per heavy atom. The predicted molar refractivity (Wildman–Crippen MR) is 35.4 cm³/mol. The Hall–Kier alpha value is -0.640. The van der Waals surface area contributed by atoms with Gasteiger partial charge in [0.2, 0.25) is 5.91 Å². The average molecular weight is 146 g/mol. The highest BCUT2D eigenvalue weighted by Gasteiger charge is 2.28. The molecule has 0 unspecified atom stereocenters. The largest absolute Gasteiger partial charge is 0.358 e. The lowest BCUT2D eigenvalue weighted by atomic mass is 10.2. The molecular formula is C6H11FN2O. The number of hydrogen-bond donors (Lipinski definition) is 2. The predicted octanol–water partition coefficient (Wildman–Crippen LogP) is -0.568. The van der Waals surface area contributed by atoms with Crippen molar-refractivity contribution in [2.24, 2.45) is 0 Å². The summed E-state index contributed by atoms with van der Waals surface area (Å²) < 4.78 is 12.4. The summed E-state index contributed by atoms with van der Waals surface area (Å²) >= 11 is 0. The molecule has 1 aliphatic heterocycles. The van der Waals surface area contributed by atoms with Gasteiger partial charge in [-0.2, -0.15) is 0 Å². The van der Waals surface area contributed by atoms with E-state index in [1.807, 2.05) is 0 Å². The molecule has 0 aromatic heterocycles. The summed E-state index contributed by atoms with van der Waals surface area (Å²) in [5.41, 5.74) is 0. The molecule has 4 heteroatoms. The molecule has 1 saturated heterocycles. The molecule has 1 heterocycles. The zero-order valence-electron chi connectivity index (χ0n) is 5.86. The van der Waals surface area contributed by atoms with Crippen LogP contribution < -0.4 is 10.6 Å². The van der Waals surface area contributed by atoms with E-state index >= 15 is 0 Å². The van der Waals surface area contributed by atoms with Crippen LogP contribution in [0.4, 0.5) is 4.39 Å². The lowest BCUT2D eigenvalue weighted by Gasteiger charge is -2.05. The Morgan fingerprint density at radius 2 is 2.50 bits per heavy atom. The van der Waals surface area contributed by atoms with Crippen molar-refractivity contribution in [3.05, 3.63) is 0 Å². The van der Waals surface area contributed by atoms with Crippen molar-refractivity contribution in [1.29, 1.82) is 0 Å². The van der Waals surface area contributed by atoms with Crippen LogP contribution in [0.2, 0.25) is 0 Å². The number of carbonyl (C=O) groups is 1. The molecule has 0 bridgehead atoms. The van der Waals surface area contributed by atoms with E-state index in [4.69, 9.17) is 0 Å². The molecule has 1 fully saturated rings. The van der Waals surface area contributed by atoms with Gasteiger partial charge in [-0.05, 0) is 0 Å². The quantitative estimate of drug-likeness (QED) is 0.520. The van der Waals surface area contributed by atoms with Gasteiger partial charge in [0.05, 0.1) is 6.04 Å². The Morgan fingerprint density at radius 1 is 1.80 bits per heavy atom. The van der Waals surface area contributed by atoms with Crippen LogP contribution in [0, 0.1) is 0 Å². The minimum Gasteiger partial charge on any atom is -0.358 e. The molecule has 0 aromatic carbocycles. The molecule has 58 valence electrons. The normalized spacial score (nSPS) is 32.2. The first-order valence-electron chi connectivity index (χ1n) is 3.33. The van der Waals surface area contributed by atoms with Crippen LogP contribution in [0.15, 0.2) is 0 Å². The van der Waals surface area contributed by atoms with Gasteiger partial charge in [0.1, 0.15) is 6.17 Å². The van der Waals surface area contributed by atoms with Crippen LogP contribution in [0.3, 0.4) is 0 Å². The van der Waals surface area contributed by atoms with E-state index in [1.165, 1.54) is 0 Å². The molecule has 1 rings (SSSR count). The number of alkyl halides is 1. The number of nitrogens with one attached hydrogen (secondary N) is 2. The lowest BCUT2D eigenvalue weighted by molar-refractivity contribution is -0.122. The number of hydrogen-bond acceptors (Lipinski definition) is 2. The highest BCUT2D eigenvalue weighted by Crippen LogP contribution is 2.09. The number of carbonyl (C=O) groups excluding carboxylic acids is 1. The van der Waals surface area contributed by atoms with E-state index in [1.54, 1.807) is 7.05 Å². The van der Waals surface area contributed by atoms with Crippen molar-refractivity contribution in [1.82, 2.24) is 10.6 Å². The van der Waals surface area contributed by atoms with Gasteiger partial charge in [0, 0.05) is 20.0 Å². The molecule has 3 nitrogen and oxygen atoms in total. The SMILES string of the molecule is CNC(=O)[C@@H]1C[C@@H](F)CN1. The van der Waals surface area contributed by atoms with Crippen molar-refractivity contribution in [3.63, 3.8) is 0 Å². The Balaban J connectivity index is 2.37. The van der Waals surface area contributed by atoms with Crippen molar-refractivity contribution in [2.45, 2.75) is 18.6 Å². The first kappa shape index (κ1) is 7.47. The van der Waals surface area contributed by atoms with Gasteiger partial charge in [-0.1, -0.05) is 0 Å². The summed E-state index contributed by atoms with van der Waals surface area (Å²) in [6.45, 7) is 0.304. The Kier molecular flexibility index (Phi) is 2.21. The molecule has 0 spiro atoms. The molecule has 2 N–H and O–H groups in total. The van der Waals surface area contributed by atoms with Gasteiger partial charge >= 0.3 is 0 Å². The molecule has 0 aromatic rings. The van der Waals surface area contributed by atoms with Gasteiger partial charge in [-0.3, -0.25) is 4.79 Å². The van der Waals surface area contributed by atoms with Crippen LogP contribution in [-0.4, -0.2) is 31.7 Å². The first-order chi connectivity index (χ1) is 4.74. The summed E-state index contributed by atoms with van der Waals surface area (Å²) in [7, 11) is 1.55. The summed E-state index contributed by atoms with van der Waals surface area (Å²) in [4.78, 5) is 10.8. The van der Waals surface area contributed by atoms with E-state index in [9.17, 15) is 9.18 Å². The summed E-state index contributed by atoms with van der Waals surface area (Å²) in [6.07, 6.45) is -0.554. The van der Waals surface area contributed by atoms with Crippen molar-refractivity contribution in [2.75, 3.05) is 13.6 Å². The fraction of sp³-hybridized carbons (Fsp3) is 0.833. The number of rotatable bonds is 1. The maximum Gasteiger partial charge on any atom is 0.236 e. The molecule has 0 radical (unpaired) electrons. The summed E-state index contributed by atoms with van der Waals surface area (Å²) in [5, 5.41) is 5.23. The Labute approximate surface area is 59.0 Å². The molecular weight excluding hydrogens is 135 g/mol. The van der Waals surface area contributed by atoms with Crippen LogP contribution in [-0.2, 0) is 4.79 Å². The molecule has 0 aliphatic carbocycles. The van der Waals surface area contributed by atoms with Gasteiger partial charge in [-0.15, -0.1) is 0 Å². The zero-order chi connectivity index (χ0) is 7.56. The fourth-order valence-corrected chi connectivity index (χ4v) is 1.07. The third kappa shape index (κ3) is 1.44. The smallest absolute Gasteiger partial charge is 0.236 e. The van der Waals surface area contributed by atoms with Crippen molar-refractivity contribution in [3.8, 4) is 0 Å². The van der Waals surface area contributed by atoms with Crippen LogP contribution in [0.1, 0.15) is 6.42 Å². The molecule has 2 atom stereocenters. The third-order valence-electron chi connectivity index (χ3n) is 1.64. The van der Waals surface area contributed by atoms with Crippen LogP contribution in [0.25, 0.3) is 0 Å². The second kappa shape index (κ2) is 2.96. The van der Waals surface area contributed by atoms with Gasteiger partial charge in [-0.25, -0.2) is 4.39 Å². The summed E-state index contributed by atoms with van der Waals surface area (Å²) in [5.74, 6) is -0.125. The van der Waals surface area contributed by atoms with Gasteiger partial charge < -0.3 is 10.6 Å². The Bertz CT molecular complexity index is 140. The fourth-order valence-electron chi connectivity index (χ4n) is 1.07. The van der Waals surface area contributed by atoms with Crippen molar-refractivity contribution >= 4 is 5.91 Å². The van der Waals surface area contributed by atoms with E-state index in [0.29, 0.717) is 13.0 Å². The van der Waals surface area contributed by atoms with E-state index in [0.717, 1.165) is 0 Å². The standard InChI is InChI=1S/C6H11FN2O/c1-8-6(10)5-2-4(7)3-9-5/h4-5,9H,2-3H2,1H3,(H,8,10)/t4-,5+/m1/s1. The first-order valence-corrected chi connectivity index (χ1v) is 3.33. The van der Waals surface area contributed by atoms with E-state index in [2.05, 4.69) is 10.6 Å². The monoisotopic (exact) mass is 146 g/mol. The second-order valence-electron chi connectivity index (χ2n) is 2.41. The van der Waals surface area contributed by atoms with Crippen LogP contribution >= 0.6 is 0 Å². The highest BCUT2D eigenvalue weighted by molar-refractivity contribution is 5.81. The lowest BCUT2D eigenvalue weighted by Crippen LogP contribution is -2.38. The molecule has 0 saturated carbocycles. The summed E-state index contributed by atoms with van der Waals surface area (Å²) in [6, 6.07) is -0.319. The average Bonchev–Trinajstić information content (AvgIpc) is 2.34. The highest BCUT2D eigenvalue weighted by atomic mass is 19.1. The van der Waals surface area contributed by atoms with E-state index in [-0.39, 0.29) is 11.9 Å². The van der Waals surface area contributed by atoms with E-state index < -0.39 is 6.17 Å². The number of amides is 1. The van der Waals surface area contributed by atoms with Crippen LogP contribution in [0.5, 0.6) is 0 Å². The second-order valence-corrected chi connectivity index (χ2v) is 2.41. The maximum atomic E-state index is 12.4. The minimum absolute atomic E-state index is 0.125.